The fourth-order valence-corrected chi connectivity index (χ4v) is 2.65. The molecule has 0 amide bonds. The molecule has 1 aliphatic rings. The number of aryl methyl sites for hydroxylation is 1. The largest absolute Gasteiger partial charge is 0.508 e. The maximum Gasteiger partial charge on any atom is 0.115 e. The molecular weight excluding hydrogens is 226 g/mol. The Hall–Kier alpha value is -1.06. The summed E-state index contributed by atoms with van der Waals surface area (Å²) < 4.78 is 5.05. The minimum Gasteiger partial charge on any atom is -0.508 e. The standard InChI is InChI=1S/C15H23NO2/c1-18-10-3-2-9-16-15-6-4-5-12-7-8-13(17)11-14(12)15/h7-8,11,15-17H,2-6,9-10H2,1H3. The summed E-state index contributed by atoms with van der Waals surface area (Å²) in [5, 5.41) is 13.2. The number of hydrogen-bond donors (Lipinski definition) is 2. The van der Waals surface area contributed by atoms with Crippen LogP contribution in [0.25, 0.3) is 0 Å². The van der Waals surface area contributed by atoms with Gasteiger partial charge < -0.3 is 15.2 Å². The van der Waals surface area contributed by atoms with Gasteiger partial charge in [-0.2, -0.15) is 0 Å². The number of benzene rings is 1. The minimum absolute atomic E-state index is 0.377. The van der Waals surface area contributed by atoms with E-state index in [4.69, 9.17) is 4.74 Å². The molecule has 2 rings (SSSR count). The predicted octanol–water partition coefficient (Wildman–Crippen LogP) is 2.79. The number of phenolic OH excluding ortho intramolecular Hbond substituents is 1. The Morgan fingerprint density at radius 1 is 1.39 bits per heavy atom. The van der Waals surface area contributed by atoms with Crippen LogP contribution in [0.1, 0.15) is 42.9 Å². The lowest BCUT2D eigenvalue weighted by Gasteiger charge is -2.26. The van der Waals surface area contributed by atoms with Crippen LogP contribution in [0.5, 0.6) is 5.75 Å². The molecule has 0 aromatic heterocycles. The molecule has 0 heterocycles. The van der Waals surface area contributed by atoms with Crippen molar-refractivity contribution in [1.29, 1.82) is 0 Å². The van der Waals surface area contributed by atoms with Gasteiger partial charge in [-0.15, -0.1) is 0 Å². The lowest BCUT2D eigenvalue weighted by atomic mass is 9.87. The van der Waals surface area contributed by atoms with Crippen molar-refractivity contribution in [2.45, 2.75) is 38.1 Å². The maximum atomic E-state index is 9.60. The highest BCUT2D eigenvalue weighted by molar-refractivity contribution is 5.38. The Bertz CT molecular complexity index is 379. The number of rotatable bonds is 6. The predicted molar refractivity (Wildman–Crippen MR) is 72.9 cm³/mol. The summed E-state index contributed by atoms with van der Waals surface area (Å²) >= 11 is 0. The Balaban J connectivity index is 1.89. The van der Waals surface area contributed by atoms with E-state index in [0.29, 0.717) is 11.8 Å². The van der Waals surface area contributed by atoms with E-state index in [2.05, 4.69) is 11.4 Å². The van der Waals surface area contributed by atoms with Crippen LogP contribution in [0.2, 0.25) is 0 Å². The van der Waals surface area contributed by atoms with Gasteiger partial charge in [-0.3, -0.25) is 0 Å². The second-order valence-corrected chi connectivity index (χ2v) is 4.98. The smallest absolute Gasteiger partial charge is 0.115 e. The van der Waals surface area contributed by atoms with Crippen LogP contribution in [0, 0.1) is 0 Å². The number of phenols is 1. The zero-order valence-corrected chi connectivity index (χ0v) is 11.1. The first-order valence-corrected chi connectivity index (χ1v) is 6.85. The molecule has 1 aliphatic carbocycles. The van der Waals surface area contributed by atoms with E-state index in [-0.39, 0.29) is 0 Å². The first-order chi connectivity index (χ1) is 8.81. The summed E-state index contributed by atoms with van der Waals surface area (Å²) in [6.07, 6.45) is 5.77. The highest BCUT2D eigenvalue weighted by Gasteiger charge is 2.19. The van der Waals surface area contributed by atoms with Crippen LogP contribution in [0.4, 0.5) is 0 Å². The average molecular weight is 249 g/mol. The molecule has 18 heavy (non-hydrogen) atoms. The summed E-state index contributed by atoms with van der Waals surface area (Å²) in [6.45, 7) is 1.85. The van der Waals surface area contributed by atoms with Gasteiger partial charge in [0.1, 0.15) is 5.75 Å². The lowest BCUT2D eigenvalue weighted by molar-refractivity contribution is 0.192. The van der Waals surface area contributed by atoms with Gasteiger partial charge in [0.2, 0.25) is 0 Å². The van der Waals surface area contributed by atoms with Crippen molar-refractivity contribution < 1.29 is 9.84 Å². The van der Waals surface area contributed by atoms with Crippen LogP contribution in [-0.2, 0) is 11.2 Å². The topological polar surface area (TPSA) is 41.5 Å². The SMILES string of the molecule is COCCCCNC1CCCc2ccc(O)cc21. The molecule has 0 saturated carbocycles. The summed E-state index contributed by atoms with van der Waals surface area (Å²) in [4.78, 5) is 0. The molecule has 0 fully saturated rings. The Morgan fingerprint density at radius 2 is 2.28 bits per heavy atom. The summed E-state index contributed by atoms with van der Waals surface area (Å²) in [5.74, 6) is 0.377. The molecule has 2 N–H and O–H groups in total. The second-order valence-electron chi connectivity index (χ2n) is 4.98. The number of aromatic hydroxyl groups is 1. The molecule has 3 nitrogen and oxygen atoms in total. The van der Waals surface area contributed by atoms with Crippen molar-refractivity contribution >= 4 is 0 Å². The first kappa shape index (κ1) is 13.4. The van der Waals surface area contributed by atoms with Crippen molar-refractivity contribution in [2.24, 2.45) is 0 Å². The van der Waals surface area contributed by atoms with E-state index in [0.717, 1.165) is 32.4 Å². The molecule has 0 bridgehead atoms. The molecule has 3 heteroatoms. The molecule has 1 aromatic rings. The molecule has 1 unspecified atom stereocenters. The van der Waals surface area contributed by atoms with Gasteiger partial charge in [-0.1, -0.05) is 6.07 Å². The van der Waals surface area contributed by atoms with Gasteiger partial charge in [0.25, 0.3) is 0 Å². The second kappa shape index (κ2) is 6.76. The van der Waals surface area contributed by atoms with Crippen LogP contribution < -0.4 is 5.32 Å². The van der Waals surface area contributed by atoms with Gasteiger partial charge in [-0.25, -0.2) is 0 Å². The number of methoxy groups -OCH3 is 1. The van der Waals surface area contributed by atoms with Crippen molar-refractivity contribution in [3.05, 3.63) is 29.3 Å². The molecule has 0 saturated heterocycles. The van der Waals surface area contributed by atoms with Gasteiger partial charge >= 0.3 is 0 Å². The van der Waals surface area contributed by atoms with Crippen molar-refractivity contribution in [3.8, 4) is 5.75 Å². The fraction of sp³-hybridized carbons (Fsp3) is 0.600. The van der Waals surface area contributed by atoms with Gasteiger partial charge in [0.15, 0.2) is 0 Å². The lowest BCUT2D eigenvalue weighted by Crippen LogP contribution is -2.26. The molecular formula is C15H23NO2. The third kappa shape index (κ3) is 3.47. The van der Waals surface area contributed by atoms with E-state index in [1.165, 1.54) is 24.0 Å². The van der Waals surface area contributed by atoms with E-state index >= 15 is 0 Å². The van der Waals surface area contributed by atoms with Gasteiger partial charge in [-0.05, 0) is 61.9 Å². The molecule has 100 valence electrons. The van der Waals surface area contributed by atoms with Crippen LogP contribution in [0.15, 0.2) is 18.2 Å². The molecule has 0 spiro atoms. The molecule has 1 atom stereocenters. The number of unbranched alkanes of at least 4 members (excludes halogenated alkanes) is 1. The van der Waals surface area contributed by atoms with Crippen LogP contribution in [0.3, 0.4) is 0 Å². The highest BCUT2D eigenvalue weighted by Crippen LogP contribution is 2.31. The summed E-state index contributed by atoms with van der Waals surface area (Å²) in [7, 11) is 1.74. The normalized spacial score (nSPS) is 18.6. The molecule has 0 aliphatic heterocycles. The monoisotopic (exact) mass is 249 g/mol. The van der Waals surface area contributed by atoms with Crippen LogP contribution in [-0.4, -0.2) is 25.4 Å². The Morgan fingerprint density at radius 3 is 3.11 bits per heavy atom. The Labute approximate surface area is 109 Å². The van der Waals surface area contributed by atoms with Crippen molar-refractivity contribution in [1.82, 2.24) is 5.32 Å². The number of fused-ring (bicyclic) bond motifs is 1. The van der Waals surface area contributed by atoms with E-state index < -0.39 is 0 Å². The number of hydrogen-bond acceptors (Lipinski definition) is 3. The number of ether oxygens (including phenoxy) is 1. The van der Waals surface area contributed by atoms with E-state index in [1.54, 1.807) is 13.2 Å². The zero-order chi connectivity index (χ0) is 12.8. The molecule has 1 aromatic carbocycles. The fourth-order valence-electron chi connectivity index (χ4n) is 2.65. The molecule has 0 radical (unpaired) electrons. The maximum absolute atomic E-state index is 9.60. The Kier molecular flexibility index (Phi) is 5.02. The van der Waals surface area contributed by atoms with Gasteiger partial charge in [0.05, 0.1) is 0 Å². The number of nitrogens with one attached hydrogen (secondary N) is 1. The third-order valence-corrected chi connectivity index (χ3v) is 3.61. The summed E-state index contributed by atoms with van der Waals surface area (Å²) in [6, 6.07) is 6.17. The quantitative estimate of drug-likeness (QED) is 0.762. The first-order valence-electron chi connectivity index (χ1n) is 6.85. The highest BCUT2D eigenvalue weighted by atomic mass is 16.5. The summed E-state index contributed by atoms with van der Waals surface area (Å²) in [5.41, 5.74) is 2.67. The van der Waals surface area contributed by atoms with E-state index in [1.807, 2.05) is 6.07 Å². The average Bonchev–Trinajstić information content (AvgIpc) is 2.39. The van der Waals surface area contributed by atoms with Crippen molar-refractivity contribution in [2.75, 3.05) is 20.3 Å². The van der Waals surface area contributed by atoms with Gasteiger partial charge in [0, 0.05) is 19.8 Å². The van der Waals surface area contributed by atoms with Crippen molar-refractivity contribution in [3.63, 3.8) is 0 Å². The zero-order valence-electron chi connectivity index (χ0n) is 11.1. The van der Waals surface area contributed by atoms with Crippen LogP contribution >= 0.6 is 0 Å². The third-order valence-electron chi connectivity index (χ3n) is 3.61. The minimum atomic E-state index is 0.377. The van der Waals surface area contributed by atoms with E-state index in [9.17, 15) is 5.11 Å².